The molecule has 0 saturated heterocycles. The van der Waals surface area contributed by atoms with E-state index in [-0.39, 0.29) is 11.0 Å². The fourth-order valence-electron chi connectivity index (χ4n) is 2.63. The first-order chi connectivity index (χ1) is 9.16. The summed E-state index contributed by atoms with van der Waals surface area (Å²) in [5.41, 5.74) is 8.47. The maximum Gasteiger partial charge on any atom is 0.115 e. The summed E-state index contributed by atoms with van der Waals surface area (Å²) in [6.45, 7) is 11.5. The minimum absolute atomic E-state index is 0.0429. The van der Waals surface area contributed by atoms with Gasteiger partial charge in [-0.3, -0.25) is 0 Å². The predicted molar refractivity (Wildman–Crippen MR) is 84.0 cm³/mol. The van der Waals surface area contributed by atoms with Crippen LogP contribution in [-0.4, -0.2) is 23.3 Å². The molecule has 4 nitrogen and oxygen atoms in total. The Hall–Kier alpha value is -1.55. The monoisotopic (exact) mass is 275 g/mol. The Kier molecular flexibility index (Phi) is 3.54. The van der Waals surface area contributed by atoms with Crippen LogP contribution < -0.4 is 5.73 Å². The van der Waals surface area contributed by atoms with Crippen LogP contribution in [0.25, 0.3) is 11.0 Å². The molecule has 1 aromatic heterocycles. The second-order valence-corrected chi connectivity index (χ2v) is 7.01. The van der Waals surface area contributed by atoms with Gasteiger partial charge in [-0.15, -0.1) is 0 Å². The maximum atomic E-state index is 5.89. The van der Waals surface area contributed by atoms with Crippen LogP contribution >= 0.6 is 0 Å². The summed E-state index contributed by atoms with van der Waals surface area (Å²) in [6, 6.07) is 5.91. The molecule has 0 aliphatic heterocycles. The number of anilines is 1. The van der Waals surface area contributed by atoms with Crippen LogP contribution in [0.4, 0.5) is 5.69 Å². The molecule has 0 aliphatic carbocycles. The third-order valence-corrected chi connectivity index (χ3v) is 3.45. The summed E-state index contributed by atoms with van der Waals surface area (Å²) >= 11 is 0. The van der Waals surface area contributed by atoms with Gasteiger partial charge in [-0.25, -0.2) is 4.98 Å². The number of imidazole rings is 1. The molecule has 0 fully saturated rings. The number of nitrogens with two attached hydrogens (primary N) is 1. The lowest BCUT2D eigenvalue weighted by molar-refractivity contribution is 0.108. The zero-order valence-corrected chi connectivity index (χ0v) is 13.3. The highest BCUT2D eigenvalue weighted by molar-refractivity contribution is 5.80. The molecule has 110 valence electrons. The molecule has 0 bridgehead atoms. The van der Waals surface area contributed by atoms with Gasteiger partial charge in [0.25, 0.3) is 0 Å². The SMILES string of the molecule is COCC(C)(C)n1c(C(C)(C)C)nc2cc(N)ccc21. The normalized spacial score (nSPS) is 13.1. The van der Waals surface area contributed by atoms with Crippen molar-refractivity contribution in [3.8, 4) is 0 Å². The molecule has 1 aromatic carbocycles. The Morgan fingerprint density at radius 2 is 1.85 bits per heavy atom. The lowest BCUT2D eigenvalue weighted by atomic mass is 9.93. The molecule has 0 radical (unpaired) electrons. The number of hydrogen-bond acceptors (Lipinski definition) is 3. The number of nitrogens with zero attached hydrogens (tertiary/aromatic N) is 2. The van der Waals surface area contributed by atoms with E-state index in [0.29, 0.717) is 6.61 Å². The Morgan fingerprint density at radius 3 is 2.40 bits per heavy atom. The number of benzene rings is 1. The van der Waals surface area contributed by atoms with Crippen molar-refractivity contribution in [1.29, 1.82) is 0 Å². The van der Waals surface area contributed by atoms with Crippen LogP contribution in [0.5, 0.6) is 0 Å². The Labute approximate surface area is 120 Å². The van der Waals surface area contributed by atoms with Crippen LogP contribution in [0.1, 0.15) is 40.4 Å². The summed E-state index contributed by atoms with van der Waals surface area (Å²) in [4.78, 5) is 4.82. The first-order valence-corrected chi connectivity index (χ1v) is 6.95. The van der Waals surface area contributed by atoms with E-state index < -0.39 is 0 Å². The highest BCUT2D eigenvalue weighted by Gasteiger charge is 2.31. The summed E-state index contributed by atoms with van der Waals surface area (Å²) in [5.74, 6) is 1.06. The van der Waals surface area contributed by atoms with Gasteiger partial charge in [0.2, 0.25) is 0 Å². The van der Waals surface area contributed by atoms with Crippen molar-refractivity contribution in [2.45, 2.75) is 45.6 Å². The largest absolute Gasteiger partial charge is 0.399 e. The molecule has 0 amide bonds. The molecule has 0 spiro atoms. The fourth-order valence-corrected chi connectivity index (χ4v) is 2.63. The van der Waals surface area contributed by atoms with Crippen LogP contribution in [0.2, 0.25) is 0 Å². The molecular weight excluding hydrogens is 250 g/mol. The number of hydrogen-bond donors (Lipinski definition) is 1. The molecule has 0 saturated carbocycles. The lowest BCUT2D eigenvalue weighted by Gasteiger charge is -2.32. The maximum absolute atomic E-state index is 5.89. The van der Waals surface area contributed by atoms with E-state index in [1.807, 2.05) is 18.2 Å². The summed E-state index contributed by atoms with van der Waals surface area (Å²) in [6.07, 6.45) is 0. The zero-order chi connectivity index (χ0) is 15.1. The number of fused-ring (bicyclic) bond motifs is 1. The number of rotatable bonds is 3. The number of ether oxygens (including phenoxy) is 1. The number of nitrogen functional groups attached to an aromatic ring is 1. The third-order valence-electron chi connectivity index (χ3n) is 3.45. The van der Waals surface area contributed by atoms with Gasteiger partial charge in [0, 0.05) is 18.2 Å². The molecule has 0 aliphatic rings. The van der Waals surface area contributed by atoms with Crippen LogP contribution in [0.15, 0.2) is 18.2 Å². The Morgan fingerprint density at radius 1 is 1.20 bits per heavy atom. The predicted octanol–water partition coefficient (Wildman–Crippen LogP) is 3.30. The van der Waals surface area contributed by atoms with Gasteiger partial charge >= 0.3 is 0 Å². The molecular formula is C16H25N3O. The van der Waals surface area contributed by atoms with E-state index in [9.17, 15) is 0 Å². The standard InChI is InChI=1S/C16H25N3O/c1-15(2,3)14-18-12-9-11(17)7-8-13(12)19(14)16(4,5)10-20-6/h7-9H,10,17H2,1-6H3. The highest BCUT2D eigenvalue weighted by Crippen LogP contribution is 2.32. The van der Waals surface area contributed by atoms with E-state index in [1.54, 1.807) is 7.11 Å². The molecule has 4 heteroatoms. The molecule has 2 rings (SSSR count). The zero-order valence-electron chi connectivity index (χ0n) is 13.3. The molecule has 0 atom stereocenters. The summed E-state index contributed by atoms with van der Waals surface area (Å²) in [5, 5.41) is 0. The second kappa shape index (κ2) is 4.77. The van der Waals surface area contributed by atoms with Gasteiger partial charge in [0.05, 0.1) is 23.2 Å². The first-order valence-electron chi connectivity index (χ1n) is 6.95. The number of methoxy groups -OCH3 is 1. The second-order valence-electron chi connectivity index (χ2n) is 7.01. The van der Waals surface area contributed by atoms with Gasteiger partial charge in [-0.05, 0) is 32.0 Å². The molecule has 1 heterocycles. The molecule has 2 aromatic rings. The lowest BCUT2D eigenvalue weighted by Crippen LogP contribution is -2.35. The van der Waals surface area contributed by atoms with Gasteiger partial charge in [0.1, 0.15) is 5.82 Å². The van der Waals surface area contributed by atoms with Gasteiger partial charge in [-0.1, -0.05) is 20.8 Å². The van der Waals surface area contributed by atoms with Crippen molar-refractivity contribution in [2.24, 2.45) is 0 Å². The van der Waals surface area contributed by atoms with Crippen molar-refractivity contribution < 1.29 is 4.74 Å². The Bertz CT molecular complexity index is 620. The smallest absolute Gasteiger partial charge is 0.115 e. The van der Waals surface area contributed by atoms with Crippen molar-refractivity contribution >= 4 is 16.7 Å². The fraction of sp³-hybridized carbons (Fsp3) is 0.562. The van der Waals surface area contributed by atoms with E-state index >= 15 is 0 Å². The highest BCUT2D eigenvalue weighted by atomic mass is 16.5. The van der Waals surface area contributed by atoms with Crippen molar-refractivity contribution in [3.63, 3.8) is 0 Å². The average molecular weight is 275 g/mol. The minimum atomic E-state index is -0.164. The molecule has 0 unspecified atom stereocenters. The average Bonchev–Trinajstić information content (AvgIpc) is 2.67. The Balaban J connectivity index is 2.78. The van der Waals surface area contributed by atoms with Crippen LogP contribution in [-0.2, 0) is 15.7 Å². The van der Waals surface area contributed by atoms with E-state index in [0.717, 1.165) is 22.5 Å². The summed E-state index contributed by atoms with van der Waals surface area (Å²) < 4.78 is 7.68. The molecule has 20 heavy (non-hydrogen) atoms. The number of aromatic nitrogens is 2. The van der Waals surface area contributed by atoms with E-state index in [4.69, 9.17) is 15.5 Å². The third kappa shape index (κ3) is 2.52. The van der Waals surface area contributed by atoms with E-state index in [1.165, 1.54) is 0 Å². The van der Waals surface area contributed by atoms with Crippen LogP contribution in [0.3, 0.4) is 0 Å². The minimum Gasteiger partial charge on any atom is -0.399 e. The van der Waals surface area contributed by atoms with Crippen LogP contribution in [0, 0.1) is 0 Å². The quantitative estimate of drug-likeness (QED) is 0.874. The van der Waals surface area contributed by atoms with E-state index in [2.05, 4.69) is 39.2 Å². The van der Waals surface area contributed by atoms with Gasteiger partial charge < -0.3 is 15.0 Å². The van der Waals surface area contributed by atoms with Gasteiger partial charge in [0.15, 0.2) is 0 Å². The molecule has 2 N–H and O–H groups in total. The van der Waals surface area contributed by atoms with Crippen molar-refractivity contribution in [1.82, 2.24) is 9.55 Å². The topological polar surface area (TPSA) is 53.1 Å². The first kappa shape index (κ1) is 14.9. The van der Waals surface area contributed by atoms with Crippen molar-refractivity contribution in [3.05, 3.63) is 24.0 Å². The van der Waals surface area contributed by atoms with Crippen molar-refractivity contribution in [2.75, 3.05) is 19.5 Å². The summed E-state index contributed by atoms with van der Waals surface area (Å²) in [7, 11) is 1.73. The van der Waals surface area contributed by atoms with Gasteiger partial charge in [-0.2, -0.15) is 0 Å².